The van der Waals surface area contributed by atoms with Crippen LogP contribution in [0.25, 0.3) is 0 Å². The average Bonchev–Trinajstić information content (AvgIpc) is 2.56. The number of rotatable bonds is 3. The van der Waals surface area contributed by atoms with Crippen molar-refractivity contribution in [3.05, 3.63) is 39.9 Å². The van der Waals surface area contributed by atoms with Crippen LogP contribution >= 0.6 is 23.2 Å². The van der Waals surface area contributed by atoms with Crippen LogP contribution in [-0.4, -0.2) is 18.2 Å². The SMILES string of the molecule is C=C(C)CCN1C(=O)C(=O)c2c(Cl)ccc(Cl)c21. The maximum Gasteiger partial charge on any atom is 0.299 e. The molecule has 1 aromatic rings. The third-order valence-electron chi connectivity index (χ3n) is 2.78. The summed E-state index contributed by atoms with van der Waals surface area (Å²) in [6, 6.07) is 3.11. The van der Waals surface area contributed by atoms with Gasteiger partial charge in [0, 0.05) is 6.54 Å². The highest BCUT2D eigenvalue weighted by Gasteiger charge is 2.38. The Kier molecular flexibility index (Phi) is 3.46. The van der Waals surface area contributed by atoms with Gasteiger partial charge in [0.05, 0.1) is 21.3 Å². The van der Waals surface area contributed by atoms with E-state index in [9.17, 15) is 9.59 Å². The Hall–Kier alpha value is -1.32. The van der Waals surface area contributed by atoms with Crippen molar-refractivity contribution in [2.75, 3.05) is 11.4 Å². The first-order valence-corrected chi connectivity index (χ1v) is 6.17. The van der Waals surface area contributed by atoms with E-state index in [-0.39, 0.29) is 10.6 Å². The van der Waals surface area contributed by atoms with E-state index in [2.05, 4.69) is 6.58 Å². The fourth-order valence-corrected chi connectivity index (χ4v) is 2.37. The summed E-state index contributed by atoms with van der Waals surface area (Å²) in [5, 5.41) is 0.612. The number of Topliss-reactive ketones (excluding diaryl/α,β-unsaturated/α-hetero) is 1. The summed E-state index contributed by atoms with van der Waals surface area (Å²) in [7, 11) is 0. The molecule has 0 saturated heterocycles. The fraction of sp³-hybridized carbons (Fsp3) is 0.231. The Bertz CT molecular complexity index is 566. The number of carbonyl (C=O) groups excluding carboxylic acids is 2. The molecule has 94 valence electrons. The molecule has 0 aromatic heterocycles. The fourth-order valence-electron chi connectivity index (χ4n) is 1.87. The second-order valence-corrected chi connectivity index (χ2v) is 5.06. The average molecular weight is 284 g/mol. The monoisotopic (exact) mass is 283 g/mol. The van der Waals surface area contributed by atoms with Crippen molar-refractivity contribution in [2.45, 2.75) is 13.3 Å². The molecule has 1 aliphatic rings. The lowest BCUT2D eigenvalue weighted by atomic mass is 10.1. The van der Waals surface area contributed by atoms with Gasteiger partial charge in [-0.2, -0.15) is 0 Å². The minimum atomic E-state index is -0.598. The first kappa shape index (κ1) is 13.1. The van der Waals surface area contributed by atoms with Crippen molar-refractivity contribution in [3.63, 3.8) is 0 Å². The number of nitrogens with zero attached hydrogens (tertiary/aromatic N) is 1. The van der Waals surface area contributed by atoms with Gasteiger partial charge in [-0.05, 0) is 25.5 Å². The lowest BCUT2D eigenvalue weighted by molar-refractivity contribution is -0.114. The molecule has 0 radical (unpaired) electrons. The lowest BCUT2D eigenvalue weighted by Crippen LogP contribution is -2.30. The van der Waals surface area contributed by atoms with E-state index >= 15 is 0 Å². The summed E-state index contributed by atoms with van der Waals surface area (Å²) in [4.78, 5) is 25.2. The number of anilines is 1. The predicted octanol–water partition coefficient (Wildman–Crippen LogP) is 3.49. The number of ketones is 1. The Labute approximate surface area is 115 Å². The first-order valence-electron chi connectivity index (χ1n) is 5.42. The first-order chi connectivity index (χ1) is 8.43. The maximum absolute atomic E-state index is 11.9. The van der Waals surface area contributed by atoms with E-state index < -0.39 is 11.7 Å². The summed E-state index contributed by atoms with van der Waals surface area (Å²) in [6.45, 7) is 6.02. The van der Waals surface area contributed by atoms with E-state index in [1.54, 1.807) is 6.07 Å². The van der Waals surface area contributed by atoms with E-state index in [0.29, 0.717) is 23.7 Å². The van der Waals surface area contributed by atoms with Gasteiger partial charge in [-0.3, -0.25) is 9.59 Å². The highest BCUT2D eigenvalue weighted by molar-refractivity contribution is 6.56. The Balaban J connectivity index is 2.48. The van der Waals surface area contributed by atoms with Crippen LogP contribution in [0.1, 0.15) is 23.7 Å². The zero-order valence-electron chi connectivity index (χ0n) is 9.80. The minimum Gasteiger partial charge on any atom is -0.303 e. The highest BCUT2D eigenvalue weighted by Crippen LogP contribution is 2.40. The van der Waals surface area contributed by atoms with Crippen molar-refractivity contribution in [3.8, 4) is 0 Å². The zero-order chi connectivity index (χ0) is 13.4. The topological polar surface area (TPSA) is 37.4 Å². The molecule has 3 nitrogen and oxygen atoms in total. The molecular formula is C13H11Cl2NO2. The Morgan fingerprint density at radius 3 is 2.50 bits per heavy atom. The number of amides is 1. The van der Waals surface area contributed by atoms with Gasteiger partial charge in [0.25, 0.3) is 11.7 Å². The van der Waals surface area contributed by atoms with Crippen LogP contribution in [0.5, 0.6) is 0 Å². The lowest BCUT2D eigenvalue weighted by Gasteiger charge is -2.17. The quantitative estimate of drug-likeness (QED) is 0.629. The van der Waals surface area contributed by atoms with Crippen LogP contribution in [0.2, 0.25) is 10.0 Å². The highest BCUT2D eigenvalue weighted by atomic mass is 35.5. The molecule has 0 unspecified atom stereocenters. The maximum atomic E-state index is 11.9. The van der Waals surface area contributed by atoms with E-state index in [0.717, 1.165) is 5.57 Å². The number of hydrogen-bond acceptors (Lipinski definition) is 2. The van der Waals surface area contributed by atoms with Crippen LogP contribution in [0.4, 0.5) is 5.69 Å². The number of fused-ring (bicyclic) bond motifs is 1. The summed E-state index contributed by atoms with van der Waals surface area (Å²) < 4.78 is 0. The molecule has 1 amide bonds. The molecule has 0 spiro atoms. The summed E-state index contributed by atoms with van der Waals surface area (Å²) in [6.07, 6.45) is 0.612. The number of carbonyl (C=O) groups is 2. The molecule has 2 rings (SSSR count). The van der Waals surface area contributed by atoms with Crippen LogP contribution < -0.4 is 4.90 Å². The molecule has 1 heterocycles. The van der Waals surface area contributed by atoms with Crippen molar-refractivity contribution >= 4 is 40.6 Å². The van der Waals surface area contributed by atoms with Gasteiger partial charge in [-0.25, -0.2) is 0 Å². The van der Waals surface area contributed by atoms with Gasteiger partial charge in [0.15, 0.2) is 0 Å². The zero-order valence-corrected chi connectivity index (χ0v) is 11.3. The van der Waals surface area contributed by atoms with Crippen molar-refractivity contribution in [1.29, 1.82) is 0 Å². The molecule has 0 atom stereocenters. The molecule has 0 aliphatic carbocycles. The van der Waals surface area contributed by atoms with Crippen LogP contribution in [0.3, 0.4) is 0 Å². The molecule has 0 bridgehead atoms. The Morgan fingerprint density at radius 2 is 1.89 bits per heavy atom. The van der Waals surface area contributed by atoms with Crippen LogP contribution in [-0.2, 0) is 4.79 Å². The third kappa shape index (κ3) is 2.04. The van der Waals surface area contributed by atoms with E-state index in [4.69, 9.17) is 23.2 Å². The summed E-state index contributed by atoms with van der Waals surface area (Å²) >= 11 is 12.0. The van der Waals surface area contributed by atoms with Gasteiger partial charge in [0.1, 0.15) is 0 Å². The normalized spacial score (nSPS) is 14.1. The Morgan fingerprint density at radius 1 is 1.28 bits per heavy atom. The molecule has 1 aliphatic heterocycles. The van der Waals surface area contributed by atoms with Gasteiger partial charge in [-0.1, -0.05) is 28.8 Å². The van der Waals surface area contributed by atoms with E-state index in [1.165, 1.54) is 11.0 Å². The molecule has 0 saturated carbocycles. The number of benzene rings is 1. The molecule has 0 fully saturated rings. The van der Waals surface area contributed by atoms with Gasteiger partial charge >= 0.3 is 0 Å². The largest absolute Gasteiger partial charge is 0.303 e. The smallest absolute Gasteiger partial charge is 0.299 e. The molecule has 1 aromatic carbocycles. The predicted molar refractivity (Wildman–Crippen MR) is 72.6 cm³/mol. The molecular weight excluding hydrogens is 273 g/mol. The minimum absolute atomic E-state index is 0.205. The third-order valence-corrected chi connectivity index (χ3v) is 3.40. The molecule has 18 heavy (non-hydrogen) atoms. The number of hydrogen-bond donors (Lipinski definition) is 0. The second-order valence-electron chi connectivity index (χ2n) is 4.25. The summed E-state index contributed by atoms with van der Waals surface area (Å²) in [5.74, 6) is -1.18. The van der Waals surface area contributed by atoms with Gasteiger partial charge in [-0.15, -0.1) is 6.58 Å². The second kappa shape index (κ2) is 4.75. The molecule has 0 N–H and O–H groups in total. The van der Waals surface area contributed by atoms with Gasteiger partial charge < -0.3 is 4.90 Å². The van der Waals surface area contributed by atoms with Crippen molar-refractivity contribution in [1.82, 2.24) is 0 Å². The summed E-state index contributed by atoms with van der Waals surface area (Å²) in [5.41, 5.74) is 1.55. The number of halogens is 2. The van der Waals surface area contributed by atoms with E-state index in [1.807, 2.05) is 6.92 Å². The van der Waals surface area contributed by atoms with Gasteiger partial charge in [0.2, 0.25) is 0 Å². The van der Waals surface area contributed by atoms with Crippen LogP contribution in [0.15, 0.2) is 24.3 Å². The van der Waals surface area contributed by atoms with Crippen molar-refractivity contribution < 1.29 is 9.59 Å². The molecule has 5 heteroatoms. The van der Waals surface area contributed by atoms with Crippen LogP contribution in [0, 0.1) is 0 Å². The standard InChI is InChI=1S/C13H11Cl2NO2/c1-7(2)5-6-16-11-9(15)4-3-8(14)10(11)12(17)13(16)18/h3-4H,1,5-6H2,2H3. The van der Waals surface area contributed by atoms with Crippen molar-refractivity contribution in [2.24, 2.45) is 0 Å².